The summed E-state index contributed by atoms with van der Waals surface area (Å²) in [6.07, 6.45) is 3.39. The highest BCUT2D eigenvalue weighted by Crippen LogP contribution is 2.21. The second-order valence-electron chi connectivity index (χ2n) is 3.66. The van der Waals surface area contributed by atoms with Crippen LogP contribution in [0.5, 0.6) is 0 Å². The molecule has 1 aromatic rings. The number of aryl methyl sites for hydroxylation is 1. The molecule has 0 aromatic carbocycles. The first-order valence-electron chi connectivity index (χ1n) is 4.92. The summed E-state index contributed by atoms with van der Waals surface area (Å²) in [7, 11) is 0. The zero-order chi connectivity index (χ0) is 9.97. The van der Waals surface area contributed by atoms with Gasteiger partial charge in [0.1, 0.15) is 6.61 Å². The fourth-order valence-corrected chi connectivity index (χ4v) is 1.74. The van der Waals surface area contributed by atoms with Crippen LogP contribution in [0.4, 0.5) is 0 Å². The van der Waals surface area contributed by atoms with Gasteiger partial charge < -0.3 is 14.9 Å². The molecule has 0 bridgehead atoms. The van der Waals surface area contributed by atoms with Crippen LogP contribution in [0, 0.1) is 6.92 Å². The van der Waals surface area contributed by atoms with Gasteiger partial charge in [-0.1, -0.05) is 0 Å². The molecule has 1 aliphatic rings. The monoisotopic (exact) mass is 197 g/mol. The Morgan fingerprint density at radius 3 is 2.93 bits per heavy atom. The summed E-state index contributed by atoms with van der Waals surface area (Å²) >= 11 is 0. The predicted molar refractivity (Wildman–Crippen MR) is 49.4 cm³/mol. The summed E-state index contributed by atoms with van der Waals surface area (Å²) in [5, 5.41) is 7.57. The van der Waals surface area contributed by atoms with Crippen molar-refractivity contribution in [3.05, 3.63) is 11.8 Å². The SMILES string of the molecule is Cc1nnc(COC2CCCC2N)o1. The molecule has 1 saturated carbocycles. The van der Waals surface area contributed by atoms with Gasteiger partial charge in [0, 0.05) is 13.0 Å². The third-order valence-electron chi connectivity index (χ3n) is 2.49. The molecule has 2 N–H and O–H groups in total. The lowest BCUT2D eigenvalue weighted by molar-refractivity contribution is 0.0237. The summed E-state index contributed by atoms with van der Waals surface area (Å²) in [5.41, 5.74) is 5.86. The van der Waals surface area contributed by atoms with Crippen LogP contribution in [-0.2, 0) is 11.3 Å². The van der Waals surface area contributed by atoms with Crippen molar-refractivity contribution in [3.63, 3.8) is 0 Å². The number of rotatable bonds is 3. The summed E-state index contributed by atoms with van der Waals surface area (Å²) in [5.74, 6) is 1.10. The van der Waals surface area contributed by atoms with Crippen LogP contribution in [0.3, 0.4) is 0 Å². The van der Waals surface area contributed by atoms with Crippen molar-refractivity contribution in [2.24, 2.45) is 5.73 Å². The summed E-state index contributed by atoms with van der Waals surface area (Å²) in [6.45, 7) is 2.14. The molecule has 2 unspecified atom stereocenters. The molecule has 0 amide bonds. The molecule has 1 aromatic heterocycles. The number of hydrogen-bond donors (Lipinski definition) is 1. The standard InChI is InChI=1S/C9H15N3O2/c1-6-11-12-9(14-6)5-13-8-4-2-3-7(8)10/h7-8H,2-5,10H2,1H3. The Bertz CT molecular complexity index is 300. The Hall–Kier alpha value is -0.940. The van der Waals surface area contributed by atoms with Crippen molar-refractivity contribution in [1.82, 2.24) is 10.2 Å². The molecule has 5 heteroatoms. The van der Waals surface area contributed by atoms with Gasteiger partial charge in [-0.25, -0.2) is 0 Å². The maximum atomic E-state index is 5.86. The van der Waals surface area contributed by atoms with Crippen molar-refractivity contribution in [2.45, 2.75) is 44.9 Å². The first-order chi connectivity index (χ1) is 6.75. The van der Waals surface area contributed by atoms with E-state index in [0.29, 0.717) is 18.4 Å². The van der Waals surface area contributed by atoms with Gasteiger partial charge in [-0.05, 0) is 19.3 Å². The minimum atomic E-state index is 0.155. The van der Waals surface area contributed by atoms with Gasteiger partial charge in [-0.3, -0.25) is 0 Å². The number of aromatic nitrogens is 2. The van der Waals surface area contributed by atoms with E-state index in [1.165, 1.54) is 0 Å². The molecule has 0 spiro atoms. The highest BCUT2D eigenvalue weighted by molar-refractivity contribution is 4.82. The number of ether oxygens (including phenoxy) is 1. The lowest BCUT2D eigenvalue weighted by atomic mass is 10.2. The largest absolute Gasteiger partial charge is 0.423 e. The lowest BCUT2D eigenvalue weighted by Gasteiger charge is -2.14. The minimum absolute atomic E-state index is 0.155. The molecule has 0 aliphatic heterocycles. The van der Waals surface area contributed by atoms with Crippen molar-refractivity contribution >= 4 is 0 Å². The Kier molecular flexibility index (Phi) is 2.79. The van der Waals surface area contributed by atoms with Gasteiger partial charge >= 0.3 is 0 Å². The van der Waals surface area contributed by atoms with E-state index in [1.807, 2.05) is 0 Å². The average Bonchev–Trinajstić information content (AvgIpc) is 2.72. The molecule has 2 atom stereocenters. The fraction of sp³-hybridized carbons (Fsp3) is 0.778. The van der Waals surface area contributed by atoms with E-state index in [-0.39, 0.29) is 12.1 Å². The van der Waals surface area contributed by atoms with E-state index in [2.05, 4.69) is 10.2 Å². The van der Waals surface area contributed by atoms with E-state index in [0.717, 1.165) is 19.3 Å². The summed E-state index contributed by atoms with van der Waals surface area (Å²) in [4.78, 5) is 0. The Morgan fingerprint density at radius 2 is 2.36 bits per heavy atom. The quantitative estimate of drug-likeness (QED) is 0.774. The second-order valence-corrected chi connectivity index (χ2v) is 3.66. The Labute approximate surface area is 82.6 Å². The maximum absolute atomic E-state index is 5.86. The average molecular weight is 197 g/mol. The van der Waals surface area contributed by atoms with Crippen LogP contribution in [0.15, 0.2) is 4.42 Å². The van der Waals surface area contributed by atoms with Crippen LogP contribution in [0.1, 0.15) is 31.0 Å². The predicted octanol–water partition coefficient (Wildman–Crippen LogP) is 0.774. The van der Waals surface area contributed by atoms with Crippen molar-refractivity contribution in [1.29, 1.82) is 0 Å². The van der Waals surface area contributed by atoms with Gasteiger partial charge in [0.25, 0.3) is 0 Å². The molecular formula is C9H15N3O2. The minimum Gasteiger partial charge on any atom is -0.423 e. The topological polar surface area (TPSA) is 74.2 Å². The fourth-order valence-electron chi connectivity index (χ4n) is 1.74. The molecule has 5 nitrogen and oxygen atoms in total. The van der Waals surface area contributed by atoms with Crippen LogP contribution in [0.2, 0.25) is 0 Å². The van der Waals surface area contributed by atoms with E-state index in [9.17, 15) is 0 Å². The van der Waals surface area contributed by atoms with Gasteiger partial charge in [0.2, 0.25) is 11.8 Å². The zero-order valence-electron chi connectivity index (χ0n) is 8.27. The molecule has 1 aliphatic carbocycles. The Balaban J connectivity index is 1.82. The maximum Gasteiger partial charge on any atom is 0.242 e. The number of nitrogens with zero attached hydrogens (tertiary/aromatic N) is 2. The first-order valence-corrected chi connectivity index (χ1v) is 4.92. The summed E-state index contributed by atoms with van der Waals surface area (Å²) < 4.78 is 10.8. The molecule has 14 heavy (non-hydrogen) atoms. The highest BCUT2D eigenvalue weighted by atomic mass is 16.5. The van der Waals surface area contributed by atoms with Crippen LogP contribution in [0.25, 0.3) is 0 Å². The molecule has 1 fully saturated rings. The first kappa shape index (κ1) is 9.61. The number of hydrogen-bond acceptors (Lipinski definition) is 5. The van der Waals surface area contributed by atoms with Gasteiger partial charge in [0.15, 0.2) is 0 Å². The van der Waals surface area contributed by atoms with Crippen LogP contribution >= 0.6 is 0 Å². The molecule has 0 saturated heterocycles. The van der Waals surface area contributed by atoms with E-state index in [4.69, 9.17) is 14.9 Å². The van der Waals surface area contributed by atoms with Crippen LogP contribution < -0.4 is 5.73 Å². The third-order valence-corrected chi connectivity index (χ3v) is 2.49. The second kappa shape index (κ2) is 4.06. The van der Waals surface area contributed by atoms with Gasteiger partial charge in [-0.15, -0.1) is 10.2 Å². The van der Waals surface area contributed by atoms with Crippen molar-refractivity contribution in [2.75, 3.05) is 0 Å². The number of nitrogens with two attached hydrogens (primary N) is 1. The van der Waals surface area contributed by atoms with Gasteiger partial charge in [-0.2, -0.15) is 0 Å². The summed E-state index contributed by atoms with van der Waals surface area (Å²) in [6, 6.07) is 0.166. The lowest BCUT2D eigenvalue weighted by Crippen LogP contribution is -2.31. The van der Waals surface area contributed by atoms with E-state index >= 15 is 0 Å². The third kappa shape index (κ3) is 2.10. The molecule has 1 heterocycles. The zero-order valence-corrected chi connectivity index (χ0v) is 8.27. The molecule has 78 valence electrons. The molecular weight excluding hydrogens is 182 g/mol. The van der Waals surface area contributed by atoms with Crippen molar-refractivity contribution < 1.29 is 9.15 Å². The smallest absolute Gasteiger partial charge is 0.242 e. The van der Waals surface area contributed by atoms with Crippen molar-refractivity contribution in [3.8, 4) is 0 Å². The Morgan fingerprint density at radius 1 is 1.50 bits per heavy atom. The van der Waals surface area contributed by atoms with Gasteiger partial charge in [0.05, 0.1) is 6.10 Å². The normalized spacial score (nSPS) is 27.0. The van der Waals surface area contributed by atoms with Crippen LogP contribution in [-0.4, -0.2) is 22.3 Å². The highest BCUT2D eigenvalue weighted by Gasteiger charge is 2.24. The van der Waals surface area contributed by atoms with E-state index < -0.39 is 0 Å². The molecule has 2 rings (SSSR count). The van der Waals surface area contributed by atoms with E-state index in [1.54, 1.807) is 6.92 Å². The molecule has 0 radical (unpaired) electrons.